The van der Waals surface area contributed by atoms with Crippen LogP contribution in [-0.4, -0.2) is 75.6 Å². The van der Waals surface area contributed by atoms with Gasteiger partial charge in [0.2, 0.25) is 5.79 Å². The molecule has 0 aliphatic carbocycles. The fourth-order valence-electron chi connectivity index (χ4n) is 6.52. The summed E-state index contributed by atoms with van der Waals surface area (Å²) >= 11 is 0. The summed E-state index contributed by atoms with van der Waals surface area (Å²) in [5, 5.41) is 0.0913. The molecule has 2 aliphatic heterocycles. The Morgan fingerprint density at radius 2 is 1.60 bits per heavy atom. The Balaban J connectivity index is 1.67. The van der Waals surface area contributed by atoms with Gasteiger partial charge in [0.05, 0.1) is 25.5 Å². The van der Waals surface area contributed by atoms with Crippen molar-refractivity contribution in [3.05, 3.63) is 71.3 Å². The molecule has 0 N–H and O–H groups in total. The van der Waals surface area contributed by atoms with Gasteiger partial charge in [0.25, 0.3) is 0 Å². The molecule has 2 aromatic carbocycles. The molecule has 5 atom stereocenters. The minimum Gasteiger partial charge on any atom is -0.497 e. The van der Waals surface area contributed by atoms with Crippen molar-refractivity contribution in [3.63, 3.8) is 0 Å². The third kappa shape index (κ3) is 12.4. The Labute approximate surface area is 348 Å². The lowest BCUT2D eigenvalue weighted by atomic mass is 9.99. The minimum absolute atomic E-state index is 0.00261. The molecule has 0 radical (unpaired) electrons. The molecule has 1 unspecified atom stereocenters. The molecule has 2 heterocycles. The molecule has 2 aromatic rings. The van der Waals surface area contributed by atoms with E-state index in [2.05, 4.69) is 59.9 Å². The largest absolute Gasteiger partial charge is 0.497 e. The molecule has 1 amide bonds. The fourth-order valence-corrected chi connectivity index (χ4v) is 8.02. The van der Waals surface area contributed by atoms with Crippen molar-refractivity contribution in [2.24, 2.45) is 5.92 Å². The van der Waals surface area contributed by atoms with Gasteiger partial charge in [-0.25, -0.2) is 9.59 Å². The van der Waals surface area contributed by atoms with Crippen LogP contribution in [0.25, 0.3) is 6.08 Å². The highest BCUT2D eigenvalue weighted by molar-refractivity contribution is 6.74. The molecule has 4 rings (SSSR count). The zero-order valence-electron chi connectivity index (χ0n) is 37.8. The van der Waals surface area contributed by atoms with E-state index < -0.39 is 55.9 Å². The standard InChI is InChI=1S/C46H69NO10Si/c1-17-47(42(49)56-43(4,5)6)34-27-33(39-38(28-34)53-46(12,13)55-41(39)48)19-18-20-37-40(54-45(10,11)52-37)36(51-29-32-22-24-35(50-14)25-23-32)26-21-30(2)31(3)57-58(15,16)44(7,8)9/h18-19,21-28,30-31,36-37,40H,17,20,29H2,1-16H3/t30-,31+,36?,37+,40-/m1/s1. The first kappa shape index (κ1) is 47.0. The zero-order valence-corrected chi connectivity index (χ0v) is 38.8. The van der Waals surface area contributed by atoms with Gasteiger partial charge in [0, 0.05) is 32.6 Å². The van der Waals surface area contributed by atoms with E-state index in [1.807, 2.05) is 78.0 Å². The molecule has 1 saturated heterocycles. The lowest BCUT2D eigenvalue weighted by Crippen LogP contribution is -2.44. The van der Waals surface area contributed by atoms with Crippen LogP contribution < -0.4 is 14.4 Å². The molecule has 0 bridgehead atoms. The van der Waals surface area contributed by atoms with Gasteiger partial charge < -0.3 is 37.6 Å². The number of nitrogens with zero attached hydrogens (tertiary/aromatic N) is 1. The Hall–Kier alpha value is -3.68. The number of rotatable bonds is 15. The maximum absolute atomic E-state index is 13.4. The second kappa shape index (κ2) is 18.3. The second-order valence-electron chi connectivity index (χ2n) is 18.8. The van der Waals surface area contributed by atoms with Gasteiger partial charge in [-0.2, -0.15) is 0 Å². The van der Waals surface area contributed by atoms with Crippen molar-refractivity contribution in [1.82, 2.24) is 0 Å². The number of amides is 1. The summed E-state index contributed by atoms with van der Waals surface area (Å²) < 4.78 is 49.4. The maximum atomic E-state index is 13.4. The van der Waals surface area contributed by atoms with Crippen LogP contribution in [0.1, 0.15) is 118 Å². The van der Waals surface area contributed by atoms with E-state index >= 15 is 0 Å². The highest BCUT2D eigenvalue weighted by Crippen LogP contribution is 2.40. The first-order valence-electron chi connectivity index (χ1n) is 20.5. The quantitative estimate of drug-likeness (QED) is 0.0977. The molecule has 0 aromatic heterocycles. The monoisotopic (exact) mass is 823 g/mol. The number of hydrogen-bond donors (Lipinski definition) is 0. The summed E-state index contributed by atoms with van der Waals surface area (Å²) in [7, 11) is -0.346. The average Bonchev–Trinajstić information content (AvgIpc) is 3.39. The van der Waals surface area contributed by atoms with Gasteiger partial charge in [-0.3, -0.25) is 4.90 Å². The normalized spacial score (nSPS) is 20.9. The maximum Gasteiger partial charge on any atom is 0.414 e. The molecule has 0 spiro atoms. The first-order valence-corrected chi connectivity index (χ1v) is 23.4. The summed E-state index contributed by atoms with van der Waals surface area (Å²) in [5.74, 6) is -1.41. The molecular weight excluding hydrogens is 755 g/mol. The van der Waals surface area contributed by atoms with Crippen molar-refractivity contribution in [2.45, 2.75) is 163 Å². The molecule has 322 valence electrons. The van der Waals surface area contributed by atoms with Crippen LogP contribution in [0, 0.1) is 5.92 Å². The topological polar surface area (TPSA) is 111 Å². The predicted octanol–water partition coefficient (Wildman–Crippen LogP) is 10.9. The van der Waals surface area contributed by atoms with E-state index in [1.54, 1.807) is 33.1 Å². The number of ether oxygens (including phenoxy) is 7. The van der Waals surface area contributed by atoms with Crippen LogP contribution in [0.3, 0.4) is 0 Å². The lowest BCUT2D eigenvalue weighted by Gasteiger charge is -2.39. The number of fused-ring (bicyclic) bond motifs is 1. The molecule has 0 saturated carbocycles. The van der Waals surface area contributed by atoms with Gasteiger partial charge >= 0.3 is 12.1 Å². The van der Waals surface area contributed by atoms with Crippen molar-refractivity contribution in [1.29, 1.82) is 0 Å². The lowest BCUT2D eigenvalue weighted by molar-refractivity contribution is -0.156. The van der Waals surface area contributed by atoms with E-state index in [-0.39, 0.29) is 22.6 Å². The highest BCUT2D eigenvalue weighted by Gasteiger charge is 2.45. The minimum atomic E-state index is -1.99. The average molecular weight is 824 g/mol. The summed E-state index contributed by atoms with van der Waals surface area (Å²) in [4.78, 5) is 28.3. The summed E-state index contributed by atoms with van der Waals surface area (Å²) in [6, 6.07) is 11.3. The SMILES string of the molecule is CCN(C(=O)OC(C)(C)C)c1cc(C=CC[C@@H]2OC(C)(C)O[C@@H]2C(C=C[C@@H](C)[C@H](C)O[Si](C)(C)C(C)(C)C)OCc2ccc(OC)cc2)c2c(c1)OC(C)(C)OC2=O. The van der Waals surface area contributed by atoms with Crippen LogP contribution in [0.4, 0.5) is 10.5 Å². The highest BCUT2D eigenvalue weighted by atomic mass is 28.4. The van der Waals surface area contributed by atoms with Crippen molar-refractivity contribution in [2.75, 3.05) is 18.6 Å². The number of benzene rings is 2. The van der Waals surface area contributed by atoms with E-state index in [4.69, 9.17) is 37.6 Å². The van der Waals surface area contributed by atoms with Gasteiger partial charge in [-0.15, -0.1) is 0 Å². The first-order chi connectivity index (χ1) is 26.7. The molecule has 2 aliphatic rings. The van der Waals surface area contributed by atoms with Crippen LogP contribution in [0.15, 0.2) is 54.6 Å². The smallest absolute Gasteiger partial charge is 0.414 e. The van der Waals surface area contributed by atoms with Crippen molar-refractivity contribution in [3.8, 4) is 11.5 Å². The van der Waals surface area contributed by atoms with E-state index in [0.717, 1.165) is 11.3 Å². The van der Waals surface area contributed by atoms with Crippen LogP contribution in [0.5, 0.6) is 11.5 Å². The molecule has 1 fully saturated rings. The van der Waals surface area contributed by atoms with Crippen molar-refractivity contribution < 1.29 is 47.2 Å². The summed E-state index contributed by atoms with van der Waals surface area (Å²) in [6.45, 7) is 30.7. The molecule has 58 heavy (non-hydrogen) atoms. The van der Waals surface area contributed by atoms with Gasteiger partial charge in [-0.05, 0) is 108 Å². The van der Waals surface area contributed by atoms with E-state index in [0.29, 0.717) is 36.6 Å². The van der Waals surface area contributed by atoms with Gasteiger partial charge in [0.15, 0.2) is 14.1 Å². The summed E-state index contributed by atoms with van der Waals surface area (Å²) in [5.41, 5.74) is 1.62. The van der Waals surface area contributed by atoms with E-state index in [9.17, 15) is 9.59 Å². The number of cyclic esters (lactones) is 1. The number of methoxy groups -OCH3 is 1. The Bertz CT molecular complexity index is 1790. The molecule has 11 nitrogen and oxygen atoms in total. The number of anilines is 1. The van der Waals surface area contributed by atoms with Crippen molar-refractivity contribution >= 4 is 32.1 Å². The fraction of sp³-hybridized carbons (Fsp3) is 0.609. The van der Waals surface area contributed by atoms with Crippen LogP contribution >= 0.6 is 0 Å². The van der Waals surface area contributed by atoms with E-state index in [1.165, 1.54) is 4.90 Å². The third-order valence-electron chi connectivity index (χ3n) is 10.7. The second-order valence-corrected chi connectivity index (χ2v) is 23.5. The third-order valence-corrected chi connectivity index (χ3v) is 15.3. The number of carbonyl (C=O) groups excluding carboxylic acids is 2. The number of hydrogen-bond acceptors (Lipinski definition) is 10. The number of esters is 1. The molecular formula is C46H69NO10Si. The molecule has 12 heteroatoms. The Morgan fingerprint density at radius 1 is 0.948 bits per heavy atom. The van der Waals surface area contributed by atoms with Crippen LogP contribution in [-0.2, 0) is 34.7 Å². The van der Waals surface area contributed by atoms with Gasteiger partial charge in [0.1, 0.15) is 34.9 Å². The van der Waals surface area contributed by atoms with Crippen LogP contribution in [0.2, 0.25) is 18.1 Å². The van der Waals surface area contributed by atoms with Gasteiger partial charge in [-0.1, -0.05) is 64.1 Å². The predicted molar refractivity (Wildman–Crippen MR) is 231 cm³/mol. The summed E-state index contributed by atoms with van der Waals surface area (Å²) in [6.07, 6.45) is 6.58. The Morgan fingerprint density at radius 3 is 2.19 bits per heavy atom. The Kier molecular flexibility index (Phi) is 14.8. The number of carbonyl (C=O) groups is 2. The zero-order chi connectivity index (χ0) is 43.4.